The summed E-state index contributed by atoms with van der Waals surface area (Å²) in [6, 6.07) is 7.81. The molecule has 2 aromatic rings. The lowest BCUT2D eigenvalue weighted by molar-refractivity contribution is -0.205. The zero-order valence-electron chi connectivity index (χ0n) is 17.1. The molecule has 1 saturated carbocycles. The van der Waals surface area contributed by atoms with Gasteiger partial charge in [0.05, 0.1) is 34.5 Å². The van der Waals surface area contributed by atoms with Crippen LogP contribution >= 0.6 is 11.3 Å². The van der Waals surface area contributed by atoms with Crippen LogP contribution < -0.4 is 0 Å². The van der Waals surface area contributed by atoms with Crippen LogP contribution in [0.5, 0.6) is 0 Å². The maximum absolute atomic E-state index is 13.3. The van der Waals surface area contributed by atoms with Gasteiger partial charge in [-0.15, -0.1) is 11.3 Å². The largest absolute Gasteiger partial charge is 0.464 e. The fourth-order valence-corrected chi connectivity index (χ4v) is 5.62. The van der Waals surface area contributed by atoms with Crippen molar-refractivity contribution in [2.24, 2.45) is 0 Å². The smallest absolute Gasteiger partial charge is 0.340 e. The van der Waals surface area contributed by atoms with E-state index in [-0.39, 0.29) is 23.8 Å². The van der Waals surface area contributed by atoms with Crippen LogP contribution in [0.15, 0.2) is 24.3 Å². The lowest BCUT2D eigenvalue weighted by Gasteiger charge is -2.50. The molecule has 4 rings (SSSR count). The molecular weight excluding hydrogens is 388 g/mol. The Kier molecular flexibility index (Phi) is 5.88. The molecule has 0 spiro atoms. The summed E-state index contributed by atoms with van der Waals surface area (Å²) < 4.78 is 12.5. The van der Waals surface area contributed by atoms with Crippen molar-refractivity contribution < 1.29 is 19.1 Å². The van der Waals surface area contributed by atoms with Crippen molar-refractivity contribution in [2.45, 2.75) is 63.5 Å². The molecule has 0 bridgehead atoms. The van der Waals surface area contributed by atoms with Crippen molar-refractivity contribution in [3.8, 4) is 0 Å². The summed E-state index contributed by atoms with van der Waals surface area (Å²) >= 11 is 1.65. The predicted octanol–water partition coefficient (Wildman–Crippen LogP) is 3.89. The highest BCUT2D eigenvalue weighted by atomic mass is 32.1. The Bertz CT molecular complexity index is 861. The number of ether oxygens (including phenoxy) is 2. The molecule has 156 valence electrons. The van der Waals surface area contributed by atoms with Gasteiger partial charge in [-0.2, -0.15) is 0 Å². The molecule has 2 fully saturated rings. The van der Waals surface area contributed by atoms with Crippen molar-refractivity contribution >= 4 is 33.4 Å². The summed E-state index contributed by atoms with van der Waals surface area (Å²) in [6.45, 7) is 5.07. The van der Waals surface area contributed by atoms with E-state index in [1.54, 1.807) is 18.3 Å². The SMILES string of the molecule is CCOC(=O)C12CCCCC1N(C(=O)CC(C)c1nc3ccccc3s1)CCO2. The number of nitrogens with zero attached hydrogens (tertiary/aromatic N) is 2. The van der Waals surface area contributed by atoms with Crippen LogP contribution in [0.1, 0.15) is 56.9 Å². The van der Waals surface area contributed by atoms with E-state index < -0.39 is 5.60 Å². The van der Waals surface area contributed by atoms with Gasteiger partial charge in [0, 0.05) is 18.9 Å². The number of aromatic nitrogens is 1. The van der Waals surface area contributed by atoms with Gasteiger partial charge in [-0.1, -0.05) is 25.5 Å². The molecule has 7 heteroatoms. The number of rotatable bonds is 5. The second-order valence-corrected chi connectivity index (χ2v) is 8.99. The number of hydrogen-bond acceptors (Lipinski definition) is 6. The van der Waals surface area contributed by atoms with Gasteiger partial charge in [0.25, 0.3) is 0 Å². The molecule has 6 nitrogen and oxygen atoms in total. The zero-order valence-corrected chi connectivity index (χ0v) is 17.9. The summed E-state index contributed by atoms with van der Waals surface area (Å²) in [4.78, 5) is 32.6. The number of carbonyl (C=O) groups excluding carboxylic acids is 2. The van der Waals surface area contributed by atoms with Gasteiger partial charge in [-0.05, 0) is 38.3 Å². The summed E-state index contributed by atoms with van der Waals surface area (Å²) in [7, 11) is 0. The van der Waals surface area contributed by atoms with Crippen molar-refractivity contribution in [1.29, 1.82) is 0 Å². The maximum atomic E-state index is 13.3. The van der Waals surface area contributed by atoms with Crippen LogP contribution in [0.25, 0.3) is 10.2 Å². The average molecular weight is 417 g/mol. The predicted molar refractivity (Wildman–Crippen MR) is 112 cm³/mol. The average Bonchev–Trinajstić information content (AvgIpc) is 3.18. The van der Waals surface area contributed by atoms with Gasteiger partial charge >= 0.3 is 5.97 Å². The van der Waals surface area contributed by atoms with Gasteiger partial charge in [0.2, 0.25) is 5.91 Å². The fraction of sp³-hybridized carbons (Fsp3) is 0.591. The first-order valence-electron chi connectivity index (χ1n) is 10.5. The summed E-state index contributed by atoms with van der Waals surface area (Å²) in [5.41, 5.74) is -0.0202. The van der Waals surface area contributed by atoms with Crippen molar-refractivity contribution in [3.63, 3.8) is 0 Å². The lowest BCUT2D eigenvalue weighted by atomic mass is 9.78. The summed E-state index contributed by atoms with van der Waals surface area (Å²) in [5.74, 6) is -0.217. The quantitative estimate of drug-likeness (QED) is 0.692. The highest BCUT2D eigenvalue weighted by molar-refractivity contribution is 7.18. The topological polar surface area (TPSA) is 68.7 Å². The number of para-hydroxylation sites is 1. The Balaban J connectivity index is 1.51. The first-order chi connectivity index (χ1) is 14.0. The standard InChI is InChI=1S/C22H28N2O4S/c1-3-27-21(26)22-11-7-6-10-18(22)24(12-13-28-22)19(25)14-15(2)20-23-16-8-4-5-9-17(16)29-20/h4-5,8-9,15,18H,3,6-7,10-14H2,1-2H3. The molecule has 0 N–H and O–H groups in total. The van der Waals surface area contributed by atoms with Crippen LogP contribution in [0.3, 0.4) is 0 Å². The molecule has 1 amide bonds. The number of esters is 1. The monoisotopic (exact) mass is 416 g/mol. The van der Waals surface area contributed by atoms with Crippen LogP contribution in [0, 0.1) is 0 Å². The van der Waals surface area contributed by atoms with Crippen molar-refractivity contribution in [1.82, 2.24) is 9.88 Å². The number of thiazole rings is 1. The number of amides is 1. The van der Waals surface area contributed by atoms with E-state index in [0.717, 1.165) is 34.5 Å². The first-order valence-corrected chi connectivity index (χ1v) is 11.3. The van der Waals surface area contributed by atoms with Crippen LogP contribution in [-0.2, 0) is 19.1 Å². The Labute approximate surface area is 175 Å². The summed E-state index contributed by atoms with van der Waals surface area (Å²) in [6.07, 6.45) is 3.69. The van der Waals surface area contributed by atoms with Gasteiger partial charge in [-0.3, -0.25) is 4.79 Å². The van der Waals surface area contributed by atoms with E-state index >= 15 is 0 Å². The molecule has 2 heterocycles. The van der Waals surface area contributed by atoms with Crippen LogP contribution in [0.2, 0.25) is 0 Å². The molecular formula is C22H28N2O4S. The van der Waals surface area contributed by atoms with Gasteiger partial charge in [0.15, 0.2) is 5.60 Å². The van der Waals surface area contributed by atoms with E-state index in [0.29, 0.717) is 32.6 Å². The fourth-order valence-electron chi connectivity index (χ4n) is 4.60. The Hall–Kier alpha value is -1.99. The maximum Gasteiger partial charge on any atom is 0.340 e. The van der Waals surface area contributed by atoms with E-state index in [2.05, 4.69) is 13.0 Å². The summed E-state index contributed by atoms with van der Waals surface area (Å²) in [5, 5.41) is 0.980. The third-order valence-corrected chi connectivity index (χ3v) is 7.30. The lowest BCUT2D eigenvalue weighted by Crippen LogP contribution is -2.66. The minimum atomic E-state index is -0.999. The Morgan fingerprint density at radius 2 is 2.21 bits per heavy atom. The molecule has 1 aliphatic heterocycles. The molecule has 1 aromatic heterocycles. The number of fused-ring (bicyclic) bond motifs is 2. The minimum absolute atomic E-state index is 0.0309. The Morgan fingerprint density at radius 3 is 3.00 bits per heavy atom. The molecule has 0 radical (unpaired) electrons. The highest BCUT2D eigenvalue weighted by Crippen LogP contribution is 2.40. The molecule has 3 atom stereocenters. The van der Waals surface area contributed by atoms with Gasteiger partial charge in [-0.25, -0.2) is 9.78 Å². The molecule has 1 aliphatic carbocycles. The number of benzene rings is 1. The van der Waals surface area contributed by atoms with Crippen molar-refractivity contribution in [2.75, 3.05) is 19.8 Å². The normalized spacial score (nSPS) is 25.4. The second kappa shape index (κ2) is 8.40. The molecule has 3 unspecified atom stereocenters. The first kappa shape index (κ1) is 20.3. The van der Waals surface area contributed by atoms with E-state index in [1.165, 1.54) is 0 Å². The van der Waals surface area contributed by atoms with E-state index in [4.69, 9.17) is 14.5 Å². The number of morpholine rings is 1. The van der Waals surface area contributed by atoms with Crippen LogP contribution in [0.4, 0.5) is 0 Å². The van der Waals surface area contributed by atoms with Crippen LogP contribution in [-0.4, -0.2) is 53.2 Å². The highest BCUT2D eigenvalue weighted by Gasteiger charge is 2.55. The third-order valence-electron chi connectivity index (χ3n) is 6.04. The Morgan fingerprint density at radius 1 is 1.38 bits per heavy atom. The van der Waals surface area contributed by atoms with E-state index in [9.17, 15) is 9.59 Å². The minimum Gasteiger partial charge on any atom is -0.464 e. The molecule has 1 saturated heterocycles. The molecule has 1 aromatic carbocycles. The van der Waals surface area contributed by atoms with Crippen molar-refractivity contribution in [3.05, 3.63) is 29.3 Å². The second-order valence-electron chi connectivity index (χ2n) is 7.93. The number of carbonyl (C=O) groups is 2. The zero-order chi connectivity index (χ0) is 20.4. The third kappa shape index (κ3) is 3.78. The number of hydrogen-bond donors (Lipinski definition) is 0. The van der Waals surface area contributed by atoms with Gasteiger partial charge < -0.3 is 14.4 Å². The van der Waals surface area contributed by atoms with Gasteiger partial charge in [0.1, 0.15) is 0 Å². The molecule has 2 aliphatic rings. The van der Waals surface area contributed by atoms with E-state index in [1.807, 2.05) is 23.1 Å². The molecule has 29 heavy (non-hydrogen) atoms.